The molecule has 0 unspecified atom stereocenters. The Hall–Kier alpha value is -3.49. The van der Waals surface area contributed by atoms with E-state index < -0.39 is 0 Å². The Morgan fingerprint density at radius 1 is 1.03 bits per heavy atom. The van der Waals surface area contributed by atoms with Crippen molar-refractivity contribution in [2.45, 2.75) is 31.4 Å². The first-order valence-corrected chi connectivity index (χ1v) is 9.63. The van der Waals surface area contributed by atoms with Gasteiger partial charge < -0.3 is 10.4 Å². The lowest BCUT2D eigenvalue weighted by Gasteiger charge is -2.43. The number of nitriles is 1. The van der Waals surface area contributed by atoms with Gasteiger partial charge in [-0.05, 0) is 60.7 Å². The molecule has 0 bridgehead atoms. The molecular formula is C24H21N3O2. The average molecular weight is 383 g/mol. The minimum absolute atomic E-state index is 0.0688. The number of carbonyl (C=O) groups excluding carboxylic acids is 1. The van der Waals surface area contributed by atoms with Crippen LogP contribution in [0.25, 0.3) is 11.1 Å². The molecule has 1 fully saturated rings. The van der Waals surface area contributed by atoms with E-state index in [0.29, 0.717) is 16.8 Å². The van der Waals surface area contributed by atoms with Gasteiger partial charge in [0.05, 0.1) is 29.5 Å². The molecule has 29 heavy (non-hydrogen) atoms. The zero-order chi connectivity index (χ0) is 20.3. The van der Waals surface area contributed by atoms with E-state index in [1.54, 1.807) is 30.5 Å². The van der Waals surface area contributed by atoms with Gasteiger partial charge in [-0.15, -0.1) is 0 Å². The van der Waals surface area contributed by atoms with Gasteiger partial charge in [0.1, 0.15) is 0 Å². The van der Waals surface area contributed by atoms with Gasteiger partial charge in [0.15, 0.2) is 0 Å². The average Bonchev–Trinajstić information content (AvgIpc) is 2.76. The first-order valence-electron chi connectivity index (χ1n) is 9.63. The number of nitrogens with zero attached hydrogens (tertiary/aromatic N) is 2. The van der Waals surface area contributed by atoms with E-state index in [2.05, 4.69) is 28.5 Å². The van der Waals surface area contributed by atoms with Crippen LogP contribution in [0.4, 0.5) is 0 Å². The number of hydrogen-bond acceptors (Lipinski definition) is 4. The SMILES string of the molecule is N#Cc1ccc(C(=O)NC2(c3ccc(-c4ccc(CO)nc4)cc3)CCC2)cc1. The molecule has 0 spiro atoms. The van der Waals surface area contributed by atoms with Gasteiger partial charge in [-0.2, -0.15) is 5.26 Å². The molecule has 4 rings (SSSR count). The summed E-state index contributed by atoms with van der Waals surface area (Å²) in [5.74, 6) is -0.123. The lowest BCUT2D eigenvalue weighted by Crippen LogP contribution is -2.50. The molecule has 5 nitrogen and oxygen atoms in total. The number of rotatable bonds is 5. The van der Waals surface area contributed by atoms with E-state index in [4.69, 9.17) is 10.4 Å². The predicted molar refractivity (Wildman–Crippen MR) is 110 cm³/mol. The van der Waals surface area contributed by atoms with Crippen LogP contribution in [0.2, 0.25) is 0 Å². The number of amides is 1. The normalized spacial score (nSPS) is 14.5. The van der Waals surface area contributed by atoms with Crippen LogP contribution in [0.3, 0.4) is 0 Å². The highest BCUT2D eigenvalue weighted by Gasteiger charge is 2.40. The van der Waals surface area contributed by atoms with Crippen molar-refractivity contribution in [2.24, 2.45) is 0 Å². The van der Waals surface area contributed by atoms with Crippen LogP contribution in [0.1, 0.15) is 46.4 Å². The largest absolute Gasteiger partial charge is 0.390 e. The van der Waals surface area contributed by atoms with Crippen molar-refractivity contribution in [2.75, 3.05) is 0 Å². The van der Waals surface area contributed by atoms with Gasteiger partial charge >= 0.3 is 0 Å². The second kappa shape index (κ2) is 7.86. The number of aliphatic hydroxyl groups is 1. The molecule has 1 amide bonds. The fourth-order valence-electron chi connectivity index (χ4n) is 3.67. The quantitative estimate of drug-likeness (QED) is 0.699. The topological polar surface area (TPSA) is 86.0 Å². The van der Waals surface area contributed by atoms with Gasteiger partial charge in [-0.25, -0.2) is 0 Å². The van der Waals surface area contributed by atoms with E-state index in [1.807, 2.05) is 24.3 Å². The van der Waals surface area contributed by atoms with Crippen molar-refractivity contribution < 1.29 is 9.90 Å². The second-order valence-electron chi connectivity index (χ2n) is 7.35. The predicted octanol–water partition coefficient (Wildman–Crippen LogP) is 3.92. The van der Waals surface area contributed by atoms with E-state index in [9.17, 15) is 4.79 Å². The molecule has 1 saturated carbocycles. The summed E-state index contributed by atoms with van der Waals surface area (Å²) < 4.78 is 0. The number of hydrogen-bond donors (Lipinski definition) is 2. The molecule has 1 aromatic heterocycles. The maximum absolute atomic E-state index is 12.8. The lowest BCUT2D eigenvalue weighted by molar-refractivity contribution is 0.0823. The van der Waals surface area contributed by atoms with Crippen molar-refractivity contribution in [3.63, 3.8) is 0 Å². The molecule has 0 saturated heterocycles. The van der Waals surface area contributed by atoms with Gasteiger partial charge in [-0.1, -0.05) is 30.3 Å². The highest BCUT2D eigenvalue weighted by atomic mass is 16.3. The number of nitrogens with one attached hydrogen (secondary N) is 1. The van der Waals surface area contributed by atoms with E-state index in [1.165, 1.54) is 0 Å². The molecule has 2 N–H and O–H groups in total. The first kappa shape index (κ1) is 18.9. The van der Waals surface area contributed by atoms with Crippen molar-refractivity contribution in [3.05, 3.63) is 89.2 Å². The van der Waals surface area contributed by atoms with Crippen LogP contribution in [0.5, 0.6) is 0 Å². The number of benzene rings is 2. The standard InChI is InChI=1S/C24H21N3O2/c25-14-17-2-4-19(5-3-17)23(29)27-24(12-1-13-24)21-9-6-18(7-10-21)20-8-11-22(16-28)26-15-20/h2-11,15,28H,1,12-13,16H2,(H,27,29). The Morgan fingerprint density at radius 3 is 2.24 bits per heavy atom. The third-order valence-electron chi connectivity index (χ3n) is 5.59. The molecule has 2 aromatic carbocycles. The molecule has 0 radical (unpaired) electrons. The van der Waals surface area contributed by atoms with Crippen LogP contribution in [0, 0.1) is 11.3 Å². The van der Waals surface area contributed by atoms with Gasteiger partial charge in [0.25, 0.3) is 5.91 Å². The van der Waals surface area contributed by atoms with E-state index in [0.717, 1.165) is 36.0 Å². The zero-order valence-electron chi connectivity index (χ0n) is 15.9. The Balaban J connectivity index is 1.53. The molecule has 1 aliphatic rings. The van der Waals surface area contributed by atoms with E-state index >= 15 is 0 Å². The molecule has 5 heteroatoms. The Labute approximate surface area is 169 Å². The number of carbonyl (C=O) groups is 1. The van der Waals surface area contributed by atoms with Crippen LogP contribution in [-0.4, -0.2) is 16.0 Å². The fourth-order valence-corrected chi connectivity index (χ4v) is 3.67. The van der Waals surface area contributed by atoms with Crippen LogP contribution >= 0.6 is 0 Å². The maximum Gasteiger partial charge on any atom is 0.251 e. The van der Waals surface area contributed by atoms with Crippen molar-refractivity contribution in [3.8, 4) is 17.2 Å². The number of pyridine rings is 1. The summed E-state index contributed by atoms with van der Waals surface area (Å²) in [5.41, 5.74) is 4.51. The van der Waals surface area contributed by atoms with Gasteiger partial charge in [0.2, 0.25) is 0 Å². The monoisotopic (exact) mass is 383 g/mol. The van der Waals surface area contributed by atoms with Crippen LogP contribution in [0.15, 0.2) is 66.9 Å². The molecular weight excluding hydrogens is 362 g/mol. The van der Waals surface area contributed by atoms with Crippen LogP contribution in [-0.2, 0) is 12.1 Å². The molecule has 3 aromatic rings. The van der Waals surface area contributed by atoms with E-state index in [-0.39, 0.29) is 18.1 Å². The van der Waals surface area contributed by atoms with Gasteiger partial charge in [0, 0.05) is 17.3 Å². The van der Waals surface area contributed by atoms with Crippen molar-refractivity contribution in [1.82, 2.24) is 10.3 Å². The van der Waals surface area contributed by atoms with Crippen molar-refractivity contribution in [1.29, 1.82) is 5.26 Å². The molecule has 1 heterocycles. The third-order valence-corrected chi connectivity index (χ3v) is 5.59. The second-order valence-corrected chi connectivity index (χ2v) is 7.35. The summed E-state index contributed by atoms with van der Waals surface area (Å²) in [4.78, 5) is 17.0. The van der Waals surface area contributed by atoms with Crippen LogP contribution < -0.4 is 5.32 Å². The summed E-state index contributed by atoms with van der Waals surface area (Å²) >= 11 is 0. The summed E-state index contributed by atoms with van der Waals surface area (Å²) in [7, 11) is 0. The fraction of sp³-hybridized carbons (Fsp3) is 0.208. The number of aliphatic hydroxyl groups excluding tert-OH is 1. The summed E-state index contributed by atoms with van der Waals surface area (Å²) in [6.07, 6.45) is 4.64. The molecule has 0 atom stereocenters. The minimum atomic E-state index is -0.345. The Kier molecular flexibility index (Phi) is 5.11. The summed E-state index contributed by atoms with van der Waals surface area (Å²) in [6, 6.07) is 20.7. The molecule has 1 aliphatic carbocycles. The summed E-state index contributed by atoms with van der Waals surface area (Å²) in [6.45, 7) is -0.0688. The Morgan fingerprint density at radius 2 is 1.72 bits per heavy atom. The molecule has 144 valence electrons. The smallest absolute Gasteiger partial charge is 0.251 e. The van der Waals surface area contributed by atoms with Crippen molar-refractivity contribution >= 4 is 5.91 Å². The third kappa shape index (κ3) is 3.75. The highest BCUT2D eigenvalue weighted by Crippen LogP contribution is 2.42. The maximum atomic E-state index is 12.8. The lowest BCUT2D eigenvalue weighted by atomic mass is 9.71. The minimum Gasteiger partial charge on any atom is -0.390 e. The summed E-state index contributed by atoms with van der Waals surface area (Å²) in [5, 5.41) is 21.3. The Bertz CT molecular complexity index is 1050. The molecule has 0 aliphatic heterocycles. The zero-order valence-corrected chi connectivity index (χ0v) is 15.9. The highest BCUT2D eigenvalue weighted by molar-refractivity contribution is 5.95. The number of aromatic nitrogens is 1. The van der Waals surface area contributed by atoms with Gasteiger partial charge in [-0.3, -0.25) is 9.78 Å². The first-order chi connectivity index (χ1) is 14.1.